The first-order chi connectivity index (χ1) is 24.3. The molecular formula is C42H80N2O5S. The molecule has 0 N–H and O–H groups in total. The lowest BCUT2D eigenvalue weighted by Gasteiger charge is -2.23. The maximum absolute atomic E-state index is 13.1. The topological polar surface area (TPSA) is 76.1 Å². The molecule has 0 heterocycles. The minimum absolute atomic E-state index is 0.0263. The Morgan fingerprint density at radius 2 is 1.10 bits per heavy atom. The zero-order chi connectivity index (χ0) is 36.9. The molecule has 294 valence electrons. The second-order valence-corrected chi connectivity index (χ2v) is 15.4. The molecule has 0 aliphatic heterocycles. The highest BCUT2D eigenvalue weighted by molar-refractivity contribution is 8.13. The van der Waals surface area contributed by atoms with Gasteiger partial charge in [-0.05, 0) is 71.9 Å². The fourth-order valence-corrected chi connectivity index (χ4v) is 6.94. The molecule has 8 heteroatoms. The van der Waals surface area contributed by atoms with Crippen LogP contribution in [0.3, 0.4) is 0 Å². The maximum Gasteiger partial charge on any atom is 0.306 e. The number of hydrogen-bond donors (Lipinski definition) is 0. The highest BCUT2D eigenvalue weighted by Crippen LogP contribution is 2.18. The van der Waals surface area contributed by atoms with E-state index < -0.39 is 0 Å². The van der Waals surface area contributed by atoms with Gasteiger partial charge in [-0.15, -0.1) is 0 Å². The molecule has 0 fully saturated rings. The second kappa shape index (κ2) is 37.2. The molecule has 1 unspecified atom stereocenters. The summed E-state index contributed by atoms with van der Waals surface area (Å²) < 4.78 is 11.4. The number of carbonyl (C=O) groups excluding carboxylic acids is 3. The van der Waals surface area contributed by atoms with Crippen molar-refractivity contribution in [1.29, 1.82) is 0 Å². The van der Waals surface area contributed by atoms with E-state index in [0.717, 1.165) is 76.5 Å². The SMILES string of the molecule is CCCCCC/C=C\COC(=O)CCCCCCCN(CCCC(=O)OC(CCCCCCC)CCCCCCCC)C(=O)SCCN(C)C. The normalized spacial score (nSPS) is 12.1. The average Bonchev–Trinajstić information content (AvgIpc) is 3.09. The van der Waals surface area contributed by atoms with Crippen molar-refractivity contribution in [3.8, 4) is 0 Å². The first-order valence-corrected chi connectivity index (χ1v) is 21.9. The molecule has 0 bridgehead atoms. The van der Waals surface area contributed by atoms with E-state index >= 15 is 0 Å². The lowest BCUT2D eigenvalue weighted by Crippen LogP contribution is -2.31. The van der Waals surface area contributed by atoms with Crippen LogP contribution in [-0.2, 0) is 19.1 Å². The fourth-order valence-electron chi connectivity index (χ4n) is 5.94. The molecule has 0 saturated carbocycles. The lowest BCUT2D eigenvalue weighted by atomic mass is 10.0. The molecule has 7 nitrogen and oxygen atoms in total. The first kappa shape index (κ1) is 48.5. The van der Waals surface area contributed by atoms with Gasteiger partial charge in [-0.3, -0.25) is 14.4 Å². The molecule has 0 spiro atoms. The largest absolute Gasteiger partial charge is 0.462 e. The number of esters is 2. The predicted molar refractivity (Wildman–Crippen MR) is 215 cm³/mol. The number of nitrogens with zero attached hydrogens (tertiary/aromatic N) is 2. The molecule has 0 aromatic rings. The Labute approximate surface area is 313 Å². The molecule has 1 atom stereocenters. The van der Waals surface area contributed by atoms with Crippen LogP contribution < -0.4 is 0 Å². The van der Waals surface area contributed by atoms with Gasteiger partial charge in [0.1, 0.15) is 12.7 Å². The number of rotatable bonds is 36. The van der Waals surface area contributed by atoms with Gasteiger partial charge in [0.15, 0.2) is 0 Å². The van der Waals surface area contributed by atoms with E-state index in [1.165, 1.54) is 95.2 Å². The van der Waals surface area contributed by atoms with E-state index in [1.807, 2.05) is 25.1 Å². The Kier molecular flexibility index (Phi) is 36.1. The van der Waals surface area contributed by atoms with E-state index in [1.54, 1.807) is 0 Å². The van der Waals surface area contributed by atoms with Crippen LogP contribution in [0.5, 0.6) is 0 Å². The van der Waals surface area contributed by atoms with Gasteiger partial charge in [0.2, 0.25) is 0 Å². The van der Waals surface area contributed by atoms with Crippen molar-refractivity contribution in [1.82, 2.24) is 9.80 Å². The molecule has 50 heavy (non-hydrogen) atoms. The van der Waals surface area contributed by atoms with E-state index in [-0.39, 0.29) is 23.3 Å². The molecule has 0 radical (unpaired) electrons. The van der Waals surface area contributed by atoms with Gasteiger partial charge in [0.25, 0.3) is 5.24 Å². The number of allylic oxidation sites excluding steroid dienone is 1. The minimum Gasteiger partial charge on any atom is -0.462 e. The van der Waals surface area contributed by atoms with Gasteiger partial charge in [0, 0.05) is 38.2 Å². The summed E-state index contributed by atoms with van der Waals surface area (Å²) in [7, 11) is 4.04. The van der Waals surface area contributed by atoms with Crippen LogP contribution in [0.1, 0.15) is 188 Å². The van der Waals surface area contributed by atoms with Crippen molar-refractivity contribution in [3.63, 3.8) is 0 Å². The van der Waals surface area contributed by atoms with Crippen LogP contribution in [0.25, 0.3) is 0 Å². The molecule has 0 aliphatic carbocycles. The molecule has 0 aromatic carbocycles. The van der Waals surface area contributed by atoms with Crippen LogP contribution in [0, 0.1) is 0 Å². The van der Waals surface area contributed by atoms with Crippen molar-refractivity contribution < 1.29 is 23.9 Å². The summed E-state index contributed by atoms with van der Waals surface area (Å²) in [4.78, 5) is 42.1. The molecule has 0 aromatic heterocycles. The zero-order valence-corrected chi connectivity index (χ0v) is 34.3. The molecule has 0 saturated heterocycles. The van der Waals surface area contributed by atoms with Crippen LogP contribution in [0.15, 0.2) is 12.2 Å². The smallest absolute Gasteiger partial charge is 0.306 e. The Hall–Kier alpha value is -1.54. The van der Waals surface area contributed by atoms with Crippen molar-refractivity contribution in [2.45, 2.75) is 194 Å². The quantitative estimate of drug-likeness (QED) is 0.0362. The summed E-state index contributed by atoms with van der Waals surface area (Å²) in [5.74, 6) is 0.527. The van der Waals surface area contributed by atoms with Gasteiger partial charge in [-0.2, -0.15) is 0 Å². The maximum atomic E-state index is 13.1. The third-order valence-electron chi connectivity index (χ3n) is 9.18. The van der Waals surface area contributed by atoms with Crippen LogP contribution in [0.4, 0.5) is 4.79 Å². The zero-order valence-electron chi connectivity index (χ0n) is 33.5. The Morgan fingerprint density at radius 3 is 1.72 bits per heavy atom. The van der Waals surface area contributed by atoms with Crippen LogP contribution in [0.2, 0.25) is 0 Å². The van der Waals surface area contributed by atoms with Gasteiger partial charge in [0.05, 0.1) is 0 Å². The molecule has 0 rings (SSSR count). The van der Waals surface area contributed by atoms with Gasteiger partial charge >= 0.3 is 11.9 Å². The van der Waals surface area contributed by atoms with E-state index in [0.29, 0.717) is 39.0 Å². The highest BCUT2D eigenvalue weighted by Gasteiger charge is 2.17. The van der Waals surface area contributed by atoms with Gasteiger partial charge in [-0.1, -0.05) is 141 Å². The number of unbranched alkanes of at least 4 members (excludes halogenated alkanes) is 17. The molecule has 0 aliphatic rings. The number of ether oxygens (including phenoxy) is 2. The van der Waals surface area contributed by atoms with Crippen molar-refractivity contribution >= 4 is 28.9 Å². The van der Waals surface area contributed by atoms with Crippen LogP contribution >= 0.6 is 11.8 Å². The Morgan fingerprint density at radius 1 is 0.580 bits per heavy atom. The van der Waals surface area contributed by atoms with E-state index in [9.17, 15) is 14.4 Å². The summed E-state index contributed by atoms with van der Waals surface area (Å²) in [5, 5.41) is 0.103. The Balaban J connectivity index is 4.56. The summed E-state index contributed by atoms with van der Waals surface area (Å²) in [6.07, 6.45) is 31.9. The van der Waals surface area contributed by atoms with E-state index in [2.05, 4.69) is 31.7 Å². The molecular weight excluding hydrogens is 645 g/mol. The second-order valence-electron chi connectivity index (χ2n) is 14.4. The monoisotopic (exact) mass is 725 g/mol. The van der Waals surface area contributed by atoms with E-state index in [4.69, 9.17) is 9.47 Å². The van der Waals surface area contributed by atoms with Crippen molar-refractivity contribution in [2.75, 3.05) is 46.1 Å². The predicted octanol–water partition coefficient (Wildman–Crippen LogP) is 11.9. The third-order valence-corrected chi connectivity index (χ3v) is 10.1. The first-order valence-electron chi connectivity index (χ1n) is 20.9. The van der Waals surface area contributed by atoms with Crippen LogP contribution in [-0.4, -0.2) is 79.2 Å². The number of thioether (sulfide) groups is 1. The van der Waals surface area contributed by atoms with Gasteiger partial charge < -0.3 is 19.3 Å². The number of carbonyl (C=O) groups is 3. The number of amides is 1. The summed E-state index contributed by atoms with van der Waals surface area (Å²) in [6.45, 7) is 9.21. The summed E-state index contributed by atoms with van der Waals surface area (Å²) in [5.41, 5.74) is 0. The lowest BCUT2D eigenvalue weighted by molar-refractivity contribution is -0.150. The fraction of sp³-hybridized carbons (Fsp3) is 0.881. The summed E-state index contributed by atoms with van der Waals surface area (Å²) in [6, 6.07) is 0. The number of hydrogen-bond acceptors (Lipinski definition) is 7. The average molecular weight is 725 g/mol. The van der Waals surface area contributed by atoms with Gasteiger partial charge in [-0.25, -0.2) is 0 Å². The standard InChI is InChI=1S/C42H80N2O5S/c1-6-9-12-15-17-23-28-37-48-40(45)32-26-21-18-22-27-34-44(42(47)50-38-36-43(4)5)35-29-33-41(46)49-39(30-24-19-14-11-8-3)31-25-20-16-13-10-7-2/h23,28,39H,6-22,24-27,29-38H2,1-5H3/b28-23-. The summed E-state index contributed by atoms with van der Waals surface area (Å²) >= 11 is 1.37. The minimum atomic E-state index is -0.119. The van der Waals surface area contributed by atoms with Crippen molar-refractivity contribution in [2.24, 2.45) is 0 Å². The Bertz CT molecular complexity index is 822. The van der Waals surface area contributed by atoms with Crippen molar-refractivity contribution in [3.05, 3.63) is 12.2 Å². The third kappa shape index (κ3) is 33.6. The molecule has 1 amide bonds. The highest BCUT2D eigenvalue weighted by atomic mass is 32.2.